The molecule has 0 aliphatic heterocycles. The number of alkyl halides is 3. The fourth-order valence-corrected chi connectivity index (χ4v) is 4.04. The molecule has 7 nitrogen and oxygen atoms in total. The fraction of sp³-hybridized carbons (Fsp3) is 0.600. The van der Waals surface area contributed by atoms with E-state index in [2.05, 4.69) is 15.1 Å². The minimum absolute atomic E-state index is 0.00848. The number of aromatic amines is 2. The Morgan fingerprint density at radius 3 is 2.57 bits per heavy atom. The quantitative estimate of drug-likeness (QED) is 0.740. The summed E-state index contributed by atoms with van der Waals surface area (Å²) in [5.74, 6) is -0.697. The molecular weight excluding hydrogens is 403 g/mol. The molecule has 2 heterocycles. The Bertz CT molecular complexity index is 1060. The Morgan fingerprint density at radius 2 is 1.93 bits per heavy atom. The van der Waals surface area contributed by atoms with Crippen molar-refractivity contribution in [1.82, 2.24) is 4.98 Å². The lowest BCUT2D eigenvalue weighted by atomic mass is 9.81. The van der Waals surface area contributed by atoms with Gasteiger partial charge < -0.3 is 4.42 Å². The molecule has 2 fully saturated rings. The number of H-pyrrole nitrogens is 2. The molecule has 2 aliphatic carbocycles. The van der Waals surface area contributed by atoms with Gasteiger partial charge in [0.2, 0.25) is 0 Å². The topological polar surface area (TPSA) is 98.8 Å². The van der Waals surface area contributed by atoms with Crippen LogP contribution in [-0.2, 0) is 6.42 Å². The van der Waals surface area contributed by atoms with Crippen LogP contribution in [0.25, 0.3) is 11.1 Å². The molecule has 0 unspecified atom stereocenters. The summed E-state index contributed by atoms with van der Waals surface area (Å²) in [6.45, 7) is 0. The average Bonchev–Trinajstić information content (AvgIpc) is 2.64. The Labute approximate surface area is 169 Å². The van der Waals surface area contributed by atoms with Crippen LogP contribution in [-0.4, -0.2) is 16.9 Å². The number of halogens is 3. The van der Waals surface area contributed by atoms with Crippen molar-refractivity contribution in [2.24, 2.45) is 17.0 Å². The van der Waals surface area contributed by atoms with Crippen molar-refractivity contribution < 1.29 is 27.4 Å². The highest BCUT2D eigenvalue weighted by Crippen LogP contribution is 2.36. The van der Waals surface area contributed by atoms with Crippen LogP contribution in [0.4, 0.5) is 13.2 Å². The van der Waals surface area contributed by atoms with Crippen molar-refractivity contribution in [2.45, 2.75) is 64.0 Å². The first-order chi connectivity index (χ1) is 14.3. The molecule has 2 aromatic rings. The SMILES string of the molecule is O=c1cc(CCC2CCC2)c2c(=O)[nH]c(ON=C3CCC(C(F)(F)F)CC3)[nH+]c2o1. The fourth-order valence-electron chi connectivity index (χ4n) is 4.04. The summed E-state index contributed by atoms with van der Waals surface area (Å²) in [6.07, 6.45) is 1.13. The van der Waals surface area contributed by atoms with Gasteiger partial charge in [0, 0.05) is 6.07 Å². The Morgan fingerprint density at radius 1 is 1.20 bits per heavy atom. The van der Waals surface area contributed by atoms with Gasteiger partial charge in [-0.1, -0.05) is 24.4 Å². The summed E-state index contributed by atoms with van der Waals surface area (Å²) in [5.41, 5.74) is 0.0446. The largest absolute Gasteiger partial charge is 0.484 e. The van der Waals surface area contributed by atoms with E-state index >= 15 is 0 Å². The first-order valence-corrected chi connectivity index (χ1v) is 10.2. The van der Waals surface area contributed by atoms with Crippen molar-refractivity contribution in [3.8, 4) is 6.01 Å². The highest BCUT2D eigenvalue weighted by molar-refractivity contribution is 5.84. The molecule has 2 saturated carbocycles. The molecule has 0 saturated heterocycles. The Kier molecular flexibility index (Phi) is 5.66. The van der Waals surface area contributed by atoms with Crippen LogP contribution in [0.1, 0.15) is 56.9 Å². The van der Waals surface area contributed by atoms with Crippen LogP contribution in [0.15, 0.2) is 25.2 Å². The molecule has 0 spiro atoms. The molecule has 0 aromatic carbocycles. The molecular formula is C20H23F3N3O4+. The third-order valence-electron chi connectivity index (χ3n) is 6.06. The minimum atomic E-state index is -4.20. The third-order valence-corrected chi connectivity index (χ3v) is 6.06. The normalized spacial score (nSPS) is 20.2. The zero-order chi connectivity index (χ0) is 21.3. The van der Waals surface area contributed by atoms with E-state index in [1.54, 1.807) is 0 Å². The van der Waals surface area contributed by atoms with E-state index in [4.69, 9.17) is 9.25 Å². The molecule has 30 heavy (non-hydrogen) atoms. The standard InChI is InChI=1S/C20H22F3N3O4/c21-20(22,23)13-6-8-14(9-7-13)26-30-19-24-17(28)16-12(5-4-11-2-1-3-11)10-15(27)29-18(16)25-19/h10-11,13H,1-9H2,(H,24,25,28)/p+1. The Hall–Kier alpha value is -2.65. The number of nitrogens with one attached hydrogen (secondary N) is 2. The zero-order valence-electron chi connectivity index (χ0n) is 16.3. The maximum atomic E-state index is 12.7. The smallest absolute Gasteiger partial charge is 0.385 e. The van der Waals surface area contributed by atoms with Gasteiger partial charge in [-0.3, -0.25) is 4.84 Å². The highest BCUT2D eigenvalue weighted by Gasteiger charge is 2.40. The summed E-state index contributed by atoms with van der Waals surface area (Å²) in [5, 5.41) is 4.13. The van der Waals surface area contributed by atoms with E-state index < -0.39 is 23.3 Å². The summed E-state index contributed by atoms with van der Waals surface area (Å²) in [7, 11) is 0. The molecule has 4 rings (SSSR count). The molecule has 0 atom stereocenters. The summed E-state index contributed by atoms with van der Waals surface area (Å²) in [6, 6.07) is 1.20. The van der Waals surface area contributed by atoms with E-state index in [-0.39, 0.29) is 42.8 Å². The van der Waals surface area contributed by atoms with Crippen molar-refractivity contribution in [2.75, 3.05) is 0 Å². The minimum Gasteiger partial charge on any atom is -0.385 e. The second kappa shape index (κ2) is 8.23. The van der Waals surface area contributed by atoms with E-state index in [1.165, 1.54) is 25.3 Å². The van der Waals surface area contributed by atoms with Crippen LogP contribution < -0.4 is 21.0 Å². The van der Waals surface area contributed by atoms with Crippen LogP contribution in [0, 0.1) is 11.8 Å². The van der Waals surface area contributed by atoms with Gasteiger partial charge in [0.1, 0.15) is 0 Å². The van der Waals surface area contributed by atoms with E-state index in [0.717, 1.165) is 6.42 Å². The second-order valence-corrected chi connectivity index (χ2v) is 8.10. The number of hydrogen-bond donors (Lipinski definition) is 1. The lowest BCUT2D eigenvalue weighted by Gasteiger charge is -2.25. The van der Waals surface area contributed by atoms with Crippen molar-refractivity contribution >= 4 is 16.8 Å². The van der Waals surface area contributed by atoms with Crippen LogP contribution in [0.3, 0.4) is 0 Å². The van der Waals surface area contributed by atoms with E-state index in [9.17, 15) is 22.8 Å². The third kappa shape index (κ3) is 4.57. The number of nitrogens with zero attached hydrogens (tertiary/aromatic N) is 1. The van der Waals surface area contributed by atoms with Gasteiger partial charge in [-0.2, -0.15) is 23.1 Å². The molecule has 0 radical (unpaired) electrons. The molecule has 0 bridgehead atoms. The summed E-state index contributed by atoms with van der Waals surface area (Å²) in [4.78, 5) is 34.9. The molecule has 10 heteroatoms. The van der Waals surface area contributed by atoms with Gasteiger partial charge in [-0.15, -0.1) is 0 Å². The predicted molar refractivity (Wildman–Crippen MR) is 101 cm³/mol. The van der Waals surface area contributed by atoms with Gasteiger partial charge in [0.05, 0.1) is 11.6 Å². The number of fused-ring (bicyclic) bond motifs is 1. The van der Waals surface area contributed by atoms with E-state index in [0.29, 0.717) is 23.6 Å². The molecule has 0 amide bonds. The van der Waals surface area contributed by atoms with Crippen molar-refractivity contribution in [1.29, 1.82) is 0 Å². The number of rotatable bonds is 5. The van der Waals surface area contributed by atoms with Gasteiger partial charge in [0.15, 0.2) is 5.39 Å². The van der Waals surface area contributed by atoms with Gasteiger partial charge in [0.25, 0.3) is 0 Å². The van der Waals surface area contributed by atoms with E-state index in [1.807, 2.05) is 0 Å². The first-order valence-electron chi connectivity index (χ1n) is 10.2. The highest BCUT2D eigenvalue weighted by atomic mass is 19.4. The number of hydrogen-bond acceptors (Lipinski definition) is 5. The lowest BCUT2D eigenvalue weighted by molar-refractivity contribution is -0.380. The second-order valence-electron chi connectivity index (χ2n) is 8.10. The lowest BCUT2D eigenvalue weighted by Crippen LogP contribution is -2.28. The zero-order valence-corrected chi connectivity index (χ0v) is 16.3. The molecule has 162 valence electrons. The monoisotopic (exact) mass is 426 g/mol. The number of oxime groups is 1. The number of aromatic nitrogens is 2. The average molecular weight is 426 g/mol. The predicted octanol–water partition coefficient (Wildman–Crippen LogP) is 3.52. The molecule has 2 aliphatic rings. The summed E-state index contributed by atoms with van der Waals surface area (Å²) >= 11 is 0. The maximum absolute atomic E-state index is 12.7. The van der Waals surface area contributed by atoms with Crippen LogP contribution >= 0.6 is 0 Å². The van der Waals surface area contributed by atoms with Gasteiger partial charge in [-0.25, -0.2) is 9.59 Å². The van der Waals surface area contributed by atoms with Crippen LogP contribution in [0.2, 0.25) is 0 Å². The van der Waals surface area contributed by atoms with Gasteiger partial charge in [-0.05, 0) is 50.0 Å². The van der Waals surface area contributed by atoms with Crippen LogP contribution in [0.5, 0.6) is 6.01 Å². The summed E-state index contributed by atoms with van der Waals surface area (Å²) < 4.78 is 43.4. The van der Waals surface area contributed by atoms with Crippen molar-refractivity contribution in [3.05, 3.63) is 32.4 Å². The first kappa shape index (κ1) is 20.6. The van der Waals surface area contributed by atoms with Gasteiger partial charge >= 0.3 is 29.1 Å². The van der Waals surface area contributed by atoms with Crippen molar-refractivity contribution in [3.63, 3.8) is 0 Å². The number of aryl methyl sites for hydroxylation is 1. The Balaban J connectivity index is 1.50. The molecule has 2 aromatic heterocycles. The molecule has 2 N–H and O–H groups in total. The maximum Gasteiger partial charge on any atom is 0.484 e.